The fraction of sp³-hybridized carbons (Fsp3) is 0.350. The summed E-state index contributed by atoms with van der Waals surface area (Å²) in [4.78, 5) is 13.5. The first-order valence-electron chi connectivity index (χ1n) is 8.35. The van der Waals surface area contributed by atoms with Gasteiger partial charge in [0, 0.05) is 6.04 Å². The highest BCUT2D eigenvalue weighted by Crippen LogP contribution is 2.27. The molecule has 0 bridgehead atoms. The van der Waals surface area contributed by atoms with E-state index in [4.69, 9.17) is 5.73 Å². The molecule has 0 saturated carbocycles. The number of likely N-dealkylation sites (tertiary alicyclic amines) is 1. The number of amides is 1. The highest BCUT2D eigenvalue weighted by molar-refractivity contribution is 5.77. The van der Waals surface area contributed by atoms with Crippen molar-refractivity contribution < 1.29 is 4.79 Å². The van der Waals surface area contributed by atoms with Crippen LogP contribution in [0.1, 0.15) is 36.9 Å². The Balaban J connectivity index is 1.72. The van der Waals surface area contributed by atoms with E-state index in [1.807, 2.05) is 12.1 Å². The Morgan fingerprint density at radius 1 is 1.00 bits per heavy atom. The van der Waals surface area contributed by atoms with Crippen LogP contribution in [0.4, 0.5) is 0 Å². The van der Waals surface area contributed by atoms with Crippen molar-refractivity contribution in [1.29, 1.82) is 0 Å². The molecule has 1 atom stereocenters. The normalized spacial score (nSPS) is 16.4. The van der Waals surface area contributed by atoms with Crippen LogP contribution in [0.15, 0.2) is 48.5 Å². The molecule has 1 aliphatic rings. The monoisotopic (exact) mass is 308 g/mol. The van der Waals surface area contributed by atoms with Crippen molar-refractivity contribution in [3.8, 4) is 11.1 Å². The molecule has 1 saturated heterocycles. The van der Waals surface area contributed by atoms with E-state index < -0.39 is 0 Å². The van der Waals surface area contributed by atoms with Gasteiger partial charge in [0.15, 0.2) is 0 Å². The van der Waals surface area contributed by atoms with Crippen LogP contribution in [0, 0.1) is 0 Å². The molecule has 2 N–H and O–H groups in total. The average molecular weight is 308 g/mol. The van der Waals surface area contributed by atoms with Crippen molar-refractivity contribution in [3.63, 3.8) is 0 Å². The first-order valence-corrected chi connectivity index (χ1v) is 8.35. The lowest BCUT2D eigenvalue weighted by atomic mass is 9.99. The molecule has 2 aromatic rings. The quantitative estimate of drug-likeness (QED) is 0.918. The molecule has 0 aromatic heterocycles. The van der Waals surface area contributed by atoms with E-state index in [1.165, 1.54) is 42.6 Å². The summed E-state index contributed by atoms with van der Waals surface area (Å²) >= 11 is 0. The summed E-state index contributed by atoms with van der Waals surface area (Å²) < 4.78 is 0. The predicted octanol–water partition coefficient (Wildman–Crippen LogP) is 3.54. The molecular weight excluding hydrogens is 284 g/mol. The van der Waals surface area contributed by atoms with E-state index in [0.29, 0.717) is 12.5 Å². The summed E-state index contributed by atoms with van der Waals surface area (Å²) in [5, 5.41) is 0. The first-order chi connectivity index (χ1) is 11.1. The summed E-state index contributed by atoms with van der Waals surface area (Å²) in [5.41, 5.74) is 9.93. The van der Waals surface area contributed by atoms with Gasteiger partial charge in [-0.3, -0.25) is 9.69 Å². The Morgan fingerprint density at radius 2 is 1.52 bits per heavy atom. The van der Waals surface area contributed by atoms with E-state index in [1.54, 1.807) is 0 Å². The fourth-order valence-corrected chi connectivity index (χ4v) is 3.31. The minimum atomic E-state index is -0.294. The Labute approximate surface area is 138 Å². The Morgan fingerprint density at radius 3 is 2.04 bits per heavy atom. The zero-order valence-electron chi connectivity index (χ0n) is 13.7. The molecule has 23 heavy (non-hydrogen) atoms. The highest BCUT2D eigenvalue weighted by atomic mass is 16.1. The Hall–Kier alpha value is -2.13. The summed E-state index contributed by atoms with van der Waals surface area (Å²) in [6, 6.07) is 17.4. The molecule has 3 rings (SSSR count). The van der Waals surface area contributed by atoms with Crippen molar-refractivity contribution in [2.24, 2.45) is 5.73 Å². The average Bonchev–Trinajstić information content (AvgIpc) is 3.09. The fourth-order valence-electron chi connectivity index (χ4n) is 3.31. The maximum Gasteiger partial charge on any atom is 0.221 e. The SMILES string of the molecule is C[C@@H](c1ccc(-c2ccc(CC(N)=O)cc2)cc1)N1CCCC1. The number of nitrogens with two attached hydrogens (primary N) is 1. The Kier molecular flexibility index (Phi) is 4.77. The van der Waals surface area contributed by atoms with Crippen LogP contribution in [0.25, 0.3) is 11.1 Å². The molecule has 1 fully saturated rings. The van der Waals surface area contributed by atoms with Gasteiger partial charge >= 0.3 is 0 Å². The van der Waals surface area contributed by atoms with Gasteiger partial charge < -0.3 is 5.73 Å². The molecule has 0 radical (unpaired) electrons. The molecule has 0 unspecified atom stereocenters. The summed E-state index contributed by atoms with van der Waals surface area (Å²) in [5.74, 6) is -0.294. The van der Waals surface area contributed by atoms with Crippen molar-refractivity contribution in [2.45, 2.75) is 32.2 Å². The number of hydrogen-bond donors (Lipinski definition) is 1. The number of primary amides is 1. The minimum absolute atomic E-state index is 0.294. The Bertz CT molecular complexity index is 655. The van der Waals surface area contributed by atoms with Gasteiger partial charge in [0.05, 0.1) is 6.42 Å². The second-order valence-corrected chi connectivity index (χ2v) is 6.38. The van der Waals surface area contributed by atoms with Gasteiger partial charge in [-0.2, -0.15) is 0 Å². The van der Waals surface area contributed by atoms with Crippen LogP contribution >= 0.6 is 0 Å². The maximum absolute atomic E-state index is 11.0. The smallest absolute Gasteiger partial charge is 0.221 e. The van der Waals surface area contributed by atoms with Crippen LogP contribution in [0.5, 0.6) is 0 Å². The van der Waals surface area contributed by atoms with Crippen molar-refractivity contribution in [3.05, 3.63) is 59.7 Å². The molecule has 1 heterocycles. The van der Waals surface area contributed by atoms with E-state index in [9.17, 15) is 4.79 Å². The predicted molar refractivity (Wildman–Crippen MR) is 94.0 cm³/mol. The van der Waals surface area contributed by atoms with E-state index in [2.05, 4.69) is 48.2 Å². The van der Waals surface area contributed by atoms with Crippen molar-refractivity contribution >= 4 is 5.91 Å². The summed E-state index contributed by atoms with van der Waals surface area (Å²) in [6.45, 7) is 4.72. The van der Waals surface area contributed by atoms with Crippen LogP contribution < -0.4 is 5.73 Å². The third kappa shape index (κ3) is 3.80. The topological polar surface area (TPSA) is 46.3 Å². The molecule has 1 amide bonds. The molecule has 0 spiro atoms. The van der Waals surface area contributed by atoms with Crippen LogP contribution in [0.3, 0.4) is 0 Å². The van der Waals surface area contributed by atoms with Gasteiger partial charge in [0.1, 0.15) is 0 Å². The van der Waals surface area contributed by atoms with Gasteiger partial charge in [-0.05, 0) is 55.1 Å². The number of hydrogen-bond acceptors (Lipinski definition) is 2. The highest BCUT2D eigenvalue weighted by Gasteiger charge is 2.19. The summed E-state index contributed by atoms with van der Waals surface area (Å²) in [6.07, 6.45) is 2.94. The molecule has 2 aromatic carbocycles. The third-order valence-electron chi connectivity index (χ3n) is 4.75. The van der Waals surface area contributed by atoms with Gasteiger partial charge in [0.2, 0.25) is 5.91 Å². The van der Waals surface area contributed by atoms with Gasteiger partial charge in [0.25, 0.3) is 0 Å². The van der Waals surface area contributed by atoms with Crippen LogP contribution in [0.2, 0.25) is 0 Å². The van der Waals surface area contributed by atoms with Crippen molar-refractivity contribution in [1.82, 2.24) is 4.90 Å². The zero-order chi connectivity index (χ0) is 16.2. The van der Waals surface area contributed by atoms with Crippen molar-refractivity contribution in [2.75, 3.05) is 13.1 Å². The molecule has 0 aliphatic carbocycles. The lowest BCUT2D eigenvalue weighted by Gasteiger charge is -2.24. The van der Waals surface area contributed by atoms with Gasteiger partial charge in [-0.25, -0.2) is 0 Å². The number of benzene rings is 2. The molecule has 120 valence electrons. The first kappa shape index (κ1) is 15.8. The third-order valence-corrected chi connectivity index (χ3v) is 4.75. The van der Waals surface area contributed by atoms with Gasteiger partial charge in [-0.1, -0.05) is 48.5 Å². The second-order valence-electron chi connectivity index (χ2n) is 6.38. The number of carbonyl (C=O) groups is 1. The molecule has 1 aliphatic heterocycles. The zero-order valence-corrected chi connectivity index (χ0v) is 13.7. The standard InChI is InChI=1S/C20H24N2O/c1-15(22-12-2-3-13-22)17-8-10-19(11-9-17)18-6-4-16(5-7-18)14-20(21)23/h4-11,15H,2-3,12-14H2,1H3,(H2,21,23)/t15-/m0/s1. The lowest BCUT2D eigenvalue weighted by Crippen LogP contribution is -2.23. The van der Waals surface area contributed by atoms with E-state index in [0.717, 1.165) is 5.56 Å². The largest absolute Gasteiger partial charge is 0.369 e. The maximum atomic E-state index is 11.0. The van der Waals surface area contributed by atoms with E-state index >= 15 is 0 Å². The number of rotatable bonds is 5. The van der Waals surface area contributed by atoms with Gasteiger partial charge in [-0.15, -0.1) is 0 Å². The van der Waals surface area contributed by atoms with Crippen LogP contribution in [-0.2, 0) is 11.2 Å². The molecule has 3 nitrogen and oxygen atoms in total. The van der Waals surface area contributed by atoms with Crippen LogP contribution in [-0.4, -0.2) is 23.9 Å². The summed E-state index contributed by atoms with van der Waals surface area (Å²) in [7, 11) is 0. The van der Waals surface area contributed by atoms with E-state index in [-0.39, 0.29) is 5.91 Å². The lowest BCUT2D eigenvalue weighted by molar-refractivity contribution is -0.117. The number of nitrogens with zero attached hydrogens (tertiary/aromatic N) is 1. The molecule has 3 heteroatoms. The second kappa shape index (κ2) is 6.97. The molecular formula is C20H24N2O. The number of carbonyl (C=O) groups excluding carboxylic acids is 1. The minimum Gasteiger partial charge on any atom is -0.369 e.